The average Bonchev–Trinajstić information content (AvgIpc) is 2.56. The van der Waals surface area contributed by atoms with Gasteiger partial charge in [-0.25, -0.2) is 4.39 Å². The van der Waals surface area contributed by atoms with Crippen molar-refractivity contribution in [3.8, 4) is 11.5 Å². The van der Waals surface area contributed by atoms with Gasteiger partial charge in [0.1, 0.15) is 12.4 Å². The van der Waals surface area contributed by atoms with Crippen molar-refractivity contribution in [3.05, 3.63) is 58.4 Å². The molecular weight excluding hydrogens is 347 g/mol. The summed E-state index contributed by atoms with van der Waals surface area (Å²) in [5.41, 5.74) is 11.4. The van der Waals surface area contributed by atoms with Crippen LogP contribution in [0.15, 0.2) is 46.6 Å². The van der Waals surface area contributed by atoms with Crippen molar-refractivity contribution in [2.24, 2.45) is 21.7 Å². The molecule has 2 aromatic carbocycles. The van der Waals surface area contributed by atoms with Crippen LogP contribution in [0.3, 0.4) is 0 Å². The van der Waals surface area contributed by atoms with Gasteiger partial charge in [-0.2, -0.15) is 5.10 Å². The van der Waals surface area contributed by atoms with Crippen LogP contribution in [-0.4, -0.2) is 18.8 Å². The molecule has 0 fully saturated rings. The van der Waals surface area contributed by atoms with Crippen LogP contribution in [0.4, 0.5) is 4.39 Å². The first-order valence-electron chi connectivity index (χ1n) is 7.45. The SMILES string of the molecule is CCOc1cc(/C=N/N=C(N)N)ccc1OCc1c(F)cccc1Cl. The highest BCUT2D eigenvalue weighted by Gasteiger charge is 2.11. The van der Waals surface area contributed by atoms with Crippen molar-refractivity contribution in [2.75, 3.05) is 6.61 Å². The highest BCUT2D eigenvalue weighted by atomic mass is 35.5. The number of guanidine groups is 1. The first-order chi connectivity index (χ1) is 12.0. The summed E-state index contributed by atoms with van der Waals surface area (Å²) in [5.74, 6) is 0.387. The number of halogens is 2. The highest BCUT2D eigenvalue weighted by molar-refractivity contribution is 6.31. The average molecular weight is 365 g/mol. The number of rotatable bonds is 7. The van der Waals surface area contributed by atoms with E-state index in [-0.39, 0.29) is 18.1 Å². The Bertz CT molecular complexity index is 772. The Kier molecular flexibility index (Phi) is 6.59. The van der Waals surface area contributed by atoms with Crippen molar-refractivity contribution < 1.29 is 13.9 Å². The molecule has 0 saturated heterocycles. The summed E-state index contributed by atoms with van der Waals surface area (Å²) in [4.78, 5) is 0. The molecule has 0 saturated carbocycles. The minimum Gasteiger partial charge on any atom is -0.490 e. The van der Waals surface area contributed by atoms with Crippen LogP contribution in [0.1, 0.15) is 18.1 Å². The van der Waals surface area contributed by atoms with Crippen molar-refractivity contribution >= 4 is 23.8 Å². The molecule has 0 bridgehead atoms. The normalized spacial score (nSPS) is 10.7. The lowest BCUT2D eigenvalue weighted by atomic mass is 10.2. The Morgan fingerprint density at radius 1 is 1.20 bits per heavy atom. The summed E-state index contributed by atoms with van der Waals surface area (Å²) in [7, 11) is 0. The van der Waals surface area contributed by atoms with E-state index >= 15 is 0 Å². The molecule has 2 rings (SSSR count). The second kappa shape index (κ2) is 8.89. The van der Waals surface area contributed by atoms with Crippen molar-refractivity contribution in [1.82, 2.24) is 0 Å². The molecule has 6 nitrogen and oxygen atoms in total. The van der Waals surface area contributed by atoms with E-state index in [1.165, 1.54) is 18.3 Å². The molecule has 132 valence electrons. The van der Waals surface area contributed by atoms with Gasteiger partial charge in [0.25, 0.3) is 0 Å². The van der Waals surface area contributed by atoms with Crippen molar-refractivity contribution in [1.29, 1.82) is 0 Å². The molecule has 2 aromatic rings. The van der Waals surface area contributed by atoms with Gasteiger partial charge in [0, 0.05) is 5.56 Å². The first-order valence-corrected chi connectivity index (χ1v) is 7.83. The molecule has 0 amide bonds. The summed E-state index contributed by atoms with van der Waals surface area (Å²) in [6.07, 6.45) is 1.47. The lowest BCUT2D eigenvalue weighted by molar-refractivity contribution is 0.266. The van der Waals surface area contributed by atoms with E-state index in [9.17, 15) is 4.39 Å². The lowest BCUT2D eigenvalue weighted by Gasteiger charge is -2.13. The van der Waals surface area contributed by atoms with Gasteiger partial charge in [-0.3, -0.25) is 0 Å². The number of benzene rings is 2. The maximum atomic E-state index is 13.8. The van der Waals surface area contributed by atoms with E-state index < -0.39 is 5.82 Å². The van der Waals surface area contributed by atoms with Crippen LogP contribution in [-0.2, 0) is 6.61 Å². The van der Waals surface area contributed by atoms with E-state index in [1.807, 2.05) is 6.92 Å². The number of hydrogen-bond donors (Lipinski definition) is 2. The molecule has 25 heavy (non-hydrogen) atoms. The molecule has 0 heterocycles. The fourth-order valence-corrected chi connectivity index (χ4v) is 2.19. The van der Waals surface area contributed by atoms with E-state index in [0.717, 1.165) is 0 Å². The van der Waals surface area contributed by atoms with Gasteiger partial charge in [-0.05, 0) is 42.8 Å². The van der Waals surface area contributed by atoms with Gasteiger partial charge in [0.15, 0.2) is 11.5 Å². The Morgan fingerprint density at radius 3 is 2.68 bits per heavy atom. The zero-order valence-corrected chi connectivity index (χ0v) is 14.3. The molecule has 0 aliphatic carbocycles. The largest absolute Gasteiger partial charge is 0.490 e. The molecule has 0 aliphatic rings. The Labute approximate surface area is 149 Å². The topological polar surface area (TPSA) is 95.2 Å². The maximum Gasteiger partial charge on any atom is 0.211 e. The molecule has 0 aromatic heterocycles. The zero-order valence-electron chi connectivity index (χ0n) is 13.6. The van der Waals surface area contributed by atoms with Crippen LogP contribution >= 0.6 is 11.6 Å². The highest BCUT2D eigenvalue weighted by Crippen LogP contribution is 2.30. The van der Waals surface area contributed by atoms with Gasteiger partial charge < -0.3 is 20.9 Å². The zero-order chi connectivity index (χ0) is 18.2. The molecule has 0 aliphatic heterocycles. The smallest absolute Gasteiger partial charge is 0.211 e. The standard InChI is InChI=1S/C17H18ClFN4O2/c1-2-24-16-8-11(9-22-23-17(20)21)6-7-15(16)25-10-12-13(18)4-3-5-14(12)19/h3-9H,2,10H2,1H3,(H4,20,21,23)/b22-9+. The van der Waals surface area contributed by atoms with Crippen LogP contribution < -0.4 is 20.9 Å². The third-order valence-electron chi connectivity index (χ3n) is 3.08. The van der Waals surface area contributed by atoms with Crippen molar-refractivity contribution in [2.45, 2.75) is 13.5 Å². The first kappa shape index (κ1) is 18.5. The van der Waals surface area contributed by atoms with Crippen molar-refractivity contribution in [3.63, 3.8) is 0 Å². The van der Waals surface area contributed by atoms with E-state index in [0.29, 0.717) is 28.7 Å². The molecule has 0 atom stereocenters. The molecule has 8 heteroatoms. The molecular formula is C17H18ClFN4O2. The fourth-order valence-electron chi connectivity index (χ4n) is 1.97. The predicted molar refractivity (Wildman–Crippen MR) is 96.8 cm³/mol. The number of nitrogens with two attached hydrogens (primary N) is 2. The van der Waals surface area contributed by atoms with Crippen LogP contribution in [0, 0.1) is 5.82 Å². The Morgan fingerprint density at radius 2 is 2.00 bits per heavy atom. The summed E-state index contributed by atoms with van der Waals surface area (Å²) < 4.78 is 25.1. The van der Waals surface area contributed by atoms with E-state index in [2.05, 4.69) is 10.2 Å². The summed E-state index contributed by atoms with van der Waals surface area (Å²) in [6.45, 7) is 2.26. The third kappa shape index (κ3) is 5.36. The van der Waals surface area contributed by atoms with Crippen LogP contribution in [0.5, 0.6) is 11.5 Å². The van der Waals surface area contributed by atoms with Gasteiger partial charge in [-0.1, -0.05) is 17.7 Å². The summed E-state index contributed by atoms with van der Waals surface area (Å²) in [5, 5.41) is 7.57. The van der Waals surface area contributed by atoms with Crippen LogP contribution in [0.25, 0.3) is 0 Å². The Hall–Kier alpha value is -2.80. The number of ether oxygens (including phenoxy) is 2. The van der Waals surface area contributed by atoms with Crippen LogP contribution in [0.2, 0.25) is 5.02 Å². The van der Waals surface area contributed by atoms with E-state index in [4.69, 9.17) is 32.5 Å². The van der Waals surface area contributed by atoms with Gasteiger partial charge in [-0.15, -0.1) is 5.10 Å². The summed E-state index contributed by atoms with van der Waals surface area (Å²) >= 11 is 6.00. The van der Waals surface area contributed by atoms with Gasteiger partial charge >= 0.3 is 0 Å². The van der Waals surface area contributed by atoms with Gasteiger partial charge in [0.05, 0.1) is 17.8 Å². The fraction of sp³-hybridized carbons (Fsp3) is 0.176. The van der Waals surface area contributed by atoms with Gasteiger partial charge in [0.2, 0.25) is 5.96 Å². The second-order valence-corrected chi connectivity index (χ2v) is 5.30. The Balaban J connectivity index is 2.19. The molecule has 0 radical (unpaired) electrons. The second-order valence-electron chi connectivity index (χ2n) is 4.90. The lowest BCUT2D eigenvalue weighted by Crippen LogP contribution is -2.21. The number of nitrogens with zero attached hydrogens (tertiary/aromatic N) is 2. The minimum absolute atomic E-state index is 0.0208. The molecule has 4 N–H and O–H groups in total. The molecule has 0 spiro atoms. The third-order valence-corrected chi connectivity index (χ3v) is 3.44. The predicted octanol–water partition coefficient (Wildman–Crippen LogP) is 3.06. The minimum atomic E-state index is -0.425. The van der Waals surface area contributed by atoms with E-state index in [1.54, 1.807) is 24.3 Å². The maximum absolute atomic E-state index is 13.8. The number of hydrogen-bond acceptors (Lipinski definition) is 4. The monoisotopic (exact) mass is 364 g/mol. The quantitative estimate of drug-likeness (QED) is 0.448. The summed E-state index contributed by atoms with van der Waals surface area (Å²) in [6, 6.07) is 9.63. The molecule has 0 unspecified atom stereocenters.